The number of benzene rings is 1. The molecule has 0 amide bonds. The standard InChI is InChI=1S/C17H18N6O/c1-10-3-4-12-11(9-23(2)14(12)7-10)5-6-18-17-20-15-13(8-19-22-15)16(24)21-17/h3-4,7-9H,5-6H2,1-2H3,(H3,18,19,20,21,22,24). The fraction of sp³-hybridized carbons (Fsp3) is 0.235. The van der Waals surface area contributed by atoms with Crippen LogP contribution in [-0.4, -0.2) is 31.3 Å². The van der Waals surface area contributed by atoms with Gasteiger partial charge in [0.05, 0.1) is 6.20 Å². The second kappa shape index (κ2) is 5.52. The van der Waals surface area contributed by atoms with Crippen LogP contribution in [0, 0.1) is 6.92 Å². The van der Waals surface area contributed by atoms with Gasteiger partial charge in [-0.25, -0.2) is 0 Å². The summed E-state index contributed by atoms with van der Waals surface area (Å²) in [6.45, 7) is 2.77. The summed E-state index contributed by atoms with van der Waals surface area (Å²) in [6, 6.07) is 6.48. The molecule has 0 fully saturated rings. The third-order valence-corrected chi connectivity index (χ3v) is 4.23. The topological polar surface area (TPSA) is 91.4 Å². The largest absolute Gasteiger partial charge is 0.355 e. The van der Waals surface area contributed by atoms with Crippen LogP contribution in [0.2, 0.25) is 0 Å². The molecule has 0 spiro atoms. The van der Waals surface area contributed by atoms with Crippen molar-refractivity contribution in [3.05, 3.63) is 52.1 Å². The highest BCUT2D eigenvalue weighted by atomic mass is 16.1. The van der Waals surface area contributed by atoms with E-state index in [9.17, 15) is 4.79 Å². The van der Waals surface area contributed by atoms with Gasteiger partial charge >= 0.3 is 0 Å². The molecule has 3 heterocycles. The summed E-state index contributed by atoms with van der Waals surface area (Å²) in [4.78, 5) is 19.0. The molecule has 4 aromatic rings. The van der Waals surface area contributed by atoms with E-state index in [2.05, 4.69) is 68.4 Å². The van der Waals surface area contributed by atoms with Crippen molar-refractivity contribution in [1.82, 2.24) is 24.7 Å². The number of hydrogen-bond acceptors (Lipinski definition) is 4. The van der Waals surface area contributed by atoms with Gasteiger partial charge in [-0.15, -0.1) is 0 Å². The van der Waals surface area contributed by atoms with E-state index in [0.29, 0.717) is 23.5 Å². The highest BCUT2D eigenvalue weighted by Gasteiger charge is 2.08. The van der Waals surface area contributed by atoms with Gasteiger partial charge in [0.15, 0.2) is 5.65 Å². The molecule has 0 radical (unpaired) electrons. The van der Waals surface area contributed by atoms with Gasteiger partial charge in [-0.2, -0.15) is 10.1 Å². The third-order valence-electron chi connectivity index (χ3n) is 4.23. The average Bonchev–Trinajstić information content (AvgIpc) is 3.13. The van der Waals surface area contributed by atoms with Gasteiger partial charge in [0.2, 0.25) is 5.95 Å². The highest BCUT2D eigenvalue weighted by Crippen LogP contribution is 2.22. The number of rotatable bonds is 4. The van der Waals surface area contributed by atoms with Crippen molar-refractivity contribution in [2.24, 2.45) is 7.05 Å². The van der Waals surface area contributed by atoms with E-state index >= 15 is 0 Å². The summed E-state index contributed by atoms with van der Waals surface area (Å²) >= 11 is 0. The van der Waals surface area contributed by atoms with Crippen LogP contribution in [0.3, 0.4) is 0 Å². The minimum atomic E-state index is -0.197. The molecule has 0 aliphatic carbocycles. The number of aryl methyl sites for hydroxylation is 2. The van der Waals surface area contributed by atoms with E-state index in [-0.39, 0.29) is 5.56 Å². The summed E-state index contributed by atoms with van der Waals surface area (Å²) in [5.41, 5.74) is 4.04. The Hall–Kier alpha value is -3.09. The number of nitrogens with one attached hydrogen (secondary N) is 3. The first-order valence-electron chi connectivity index (χ1n) is 7.83. The van der Waals surface area contributed by atoms with E-state index in [0.717, 1.165) is 6.42 Å². The number of fused-ring (bicyclic) bond motifs is 2. The lowest BCUT2D eigenvalue weighted by atomic mass is 10.1. The van der Waals surface area contributed by atoms with Gasteiger partial charge in [-0.05, 0) is 30.5 Å². The maximum atomic E-state index is 11.9. The van der Waals surface area contributed by atoms with Crippen molar-refractivity contribution in [2.75, 3.05) is 11.9 Å². The Morgan fingerprint density at radius 3 is 3.04 bits per heavy atom. The van der Waals surface area contributed by atoms with Crippen LogP contribution in [-0.2, 0) is 13.5 Å². The zero-order chi connectivity index (χ0) is 16.7. The zero-order valence-corrected chi connectivity index (χ0v) is 13.6. The monoisotopic (exact) mass is 322 g/mol. The van der Waals surface area contributed by atoms with E-state index in [4.69, 9.17) is 0 Å². The van der Waals surface area contributed by atoms with Crippen LogP contribution >= 0.6 is 0 Å². The predicted molar refractivity (Wildman–Crippen MR) is 94.4 cm³/mol. The predicted octanol–water partition coefficient (Wildman–Crippen LogP) is 2.10. The van der Waals surface area contributed by atoms with Crippen LogP contribution in [0.25, 0.3) is 21.9 Å². The summed E-state index contributed by atoms with van der Waals surface area (Å²) in [5.74, 6) is 0.452. The Morgan fingerprint density at radius 2 is 2.17 bits per heavy atom. The van der Waals surface area contributed by atoms with Crippen molar-refractivity contribution in [3.8, 4) is 0 Å². The summed E-state index contributed by atoms with van der Waals surface area (Å²) in [5, 5.41) is 11.5. The Bertz CT molecular complexity index is 1090. The molecule has 0 bridgehead atoms. The number of nitrogens with zero attached hydrogens (tertiary/aromatic N) is 3. The molecule has 0 aliphatic rings. The molecule has 3 aromatic heterocycles. The van der Waals surface area contributed by atoms with Gasteiger partial charge in [0, 0.05) is 30.7 Å². The van der Waals surface area contributed by atoms with Gasteiger partial charge in [0.25, 0.3) is 5.56 Å². The van der Waals surface area contributed by atoms with Gasteiger partial charge in [-0.3, -0.25) is 14.9 Å². The Morgan fingerprint density at radius 1 is 1.29 bits per heavy atom. The van der Waals surface area contributed by atoms with E-state index in [1.165, 1.54) is 28.2 Å². The third kappa shape index (κ3) is 2.44. The molecule has 0 unspecified atom stereocenters. The lowest BCUT2D eigenvalue weighted by Crippen LogP contribution is -2.14. The van der Waals surface area contributed by atoms with E-state index in [1.54, 1.807) is 0 Å². The fourth-order valence-electron chi connectivity index (χ4n) is 3.02. The van der Waals surface area contributed by atoms with Crippen LogP contribution in [0.1, 0.15) is 11.1 Å². The van der Waals surface area contributed by atoms with Gasteiger partial charge < -0.3 is 9.88 Å². The first kappa shape index (κ1) is 14.5. The molecule has 122 valence electrons. The summed E-state index contributed by atoms with van der Waals surface area (Å²) in [7, 11) is 2.06. The second-order valence-corrected chi connectivity index (χ2v) is 6.01. The molecule has 7 nitrogen and oxygen atoms in total. The molecular formula is C17H18N6O. The molecular weight excluding hydrogens is 304 g/mol. The smallest absolute Gasteiger partial charge is 0.263 e. The summed E-state index contributed by atoms with van der Waals surface area (Å²) < 4.78 is 2.15. The molecule has 0 saturated carbocycles. The van der Waals surface area contributed by atoms with Crippen molar-refractivity contribution in [2.45, 2.75) is 13.3 Å². The zero-order valence-electron chi connectivity index (χ0n) is 13.6. The molecule has 24 heavy (non-hydrogen) atoms. The maximum absolute atomic E-state index is 11.9. The number of H-pyrrole nitrogens is 2. The number of aromatic amines is 2. The maximum Gasteiger partial charge on any atom is 0.263 e. The Kier molecular flexibility index (Phi) is 3.34. The van der Waals surface area contributed by atoms with Crippen LogP contribution in [0.15, 0.2) is 35.4 Å². The second-order valence-electron chi connectivity index (χ2n) is 6.01. The molecule has 1 aromatic carbocycles. The lowest BCUT2D eigenvalue weighted by molar-refractivity contribution is 0.936. The van der Waals surface area contributed by atoms with Crippen molar-refractivity contribution in [3.63, 3.8) is 0 Å². The lowest BCUT2D eigenvalue weighted by Gasteiger charge is -2.04. The van der Waals surface area contributed by atoms with Crippen LogP contribution in [0.5, 0.6) is 0 Å². The molecule has 4 rings (SSSR count). The number of aromatic nitrogens is 5. The van der Waals surface area contributed by atoms with Gasteiger partial charge in [0.1, 0.15) is 5.39 Å². The number of anilines is 1. The number of hydrogen-bond donors (Lipinski definition) is 3. The first-order chi connectivity index (χ1) is 11.6. The molecule has 7 heteroatoms. The fourth-order valence-corrected chi connectivity index (χ4v) is 3.02. The minimum absolute atomic E-state index is 0.197. The Balaban J connectivity index is 1.53. The van der Waals surface area contributed by atoms with E-state index < -0.39 is 0 Å². The molecule has 3 N–H and O–H groups in total. The van der Waals surface area contributed by atoms with Crippen LogP contribution in [0.4, 0.5) is 5.95 Å². The molecule has 0 aliphatic heterocycles. The van der Waals surface area contributed by atoms with Crippen molar-refractivity contribution in [1.29, 1.82) is 0 Å². The Labute approximate surface area is 137 Å². The minimum Gasteiger partial charge on any atom is -0.355 e. The highest BCUT2D eigenvalue weighted by molar-refractivity contribution is 5.84. The first-order valence-corrected chi connectivity index (χ1v) is 7.83. The van der Waals surface area contributed by atoms with Crippen molar-refractivity contribution < 1.29 is 0 Å². The molecule has 0 atom stereocenters. The van der Waals surface area contributed by atoms with Crippen molar-refractivity contribution >= 4 is 27.9 Å². The van der Waals surface area contributed by atoms with Crippen LogP contribution < -0.4 is 10.9 Å². The quantitative estimate of drug-likeness (QED) is 0.536. The normalized spacial score (nSPS) is 11.4. The molecule has 0 saturated heterocycles. The average molecular weight is 322 g/mol. The SMILES string of the molecule is Cc1ccc2c(CCNc3nc4[nH]ncc4c(=O)[nH]3)cn(C)c2c1. The van der Waals surface area contributed by atoms with E-state index in [1.807, 2.05) is 0 Å². The summed E-state index contributed by atoms with van der Waals surface area (Å²) in [6.07, 6.45) is 4.47. The van der Waals surface area contributed by atoms with Gasteiger partial charge in [-0.1, -0.05) is 12.1 Å².